The van der Waals surface area contributed by atoms with Gasteiger partial charge >= 0.3 is 0 Å². The van der Waals surface area contributed by atoms with E-state index < -0.39 is 10.0 Å². The molecular formula is C21H26N2O5S. The Labute approximate surface area is 171 Å². The van der Waals surface area contributed by atoms with Crippen LogP contribution in [0.4, 0.5) is 5.69 Å². The fourth-order valence-corrected chi connectivity index (χ4v) is 4.12. The number of carbonyl (C=O) groups excluding carboxylic acids is 1. The minimum absolute atomic E-state index is 0.0768. The van der Waals surface area contributed by atoms with E-state index in [-0.39, 0.29) is 23.5 Å². The molecule has 0 bridgehead atoms. The number of amides is 1. The Hall–Kier alpha value is -2.58. The molecule has 3 rings (SSSR count). The molecule has 2 aromatic carbocycles. The zero-order valence-corrected chi connectivity index (χ0v) is 17.4. The predicted molar refractivity (Wildman–Crippen MR) is 111 cm³/mol. The van der Waals surface area contributed by atoms with Crippen molar-refractivity contribution in [3.05, 3.63) is 53.6 Å². The number of nitrogens with one attached hydrogen (secondary N) is 2. The van der Waals surface area contributed by atoms with Gasteiger partial charge in [0.05, 0.1) is 16.7 Å². The fourth-order valence-electron chi connectivity index (χ4n) is 3.00. The van der Waals surface area contributed by atoms with Gasteiger partial charge in [-0.15, -0.1) is 0 Å². The lowest BCUT2D eigenvalue weighted by Gasteiger charge is -2.13. The van der Waals surface area contributed by atoms with Crippen LogP contribution in [-0.2, 0) is 19.6 Å². The standard InChI is InChI=1S/C21H26N2O5S/c1-15-5-6-16(2)20(12-15)23-29(25,26)19-9-7-17(8-10-19)28-14-21(24)22-13-18-4-3-11-27-18/h5-10,12,18,23H,3-4,11,13-14H2,1-2H3,(H,22,24)/t18-/m0/s1. The Bertz CT molecular complexity index is 952. The first-order chi connectivity index (χ1) is 13.8. The molecule has 1 atom stereocenters. The Kier molecular flexibility index (Phi) is 6.76. The summed E-state index contributed by atoms with van der Waals surface area (Å²) in [7, 11) is -3.72. The summed E-state index contributed by atoms with van der Waals surface area (Å²) >= 11 is 0. The molecule has 0 aromatic heterocycles. The van der Waals surface area contributed by atoms with Crippen molar-refractivity contribution in [2.24, 2.45) is 0 Å². The Morgan fingerprint density at radius 2 is 1.93 bits per heavy atom. The summed E-state index contributed by atoms with van der Waals surface area (Å²) in [5, 5.41) is 2.77. The maximum atomic E-state index is 12.6. The lowest BCUT2D eigenvalue weighted by atomic mass is 10.1. The van der Waals surface area contributed by atoms with Gasteiger partial charge in [-0.05, 0) is 68.1 Å². The summed E-state index contributed by atoms with van der Waals surface area (Å²) in [6.45, 7) is 4.83. The van der Waals surface area contributed by atoms with Crippen LogP contribution in [0.25, 0.3) is 0 Å². The quantitative estimate of drug-likeness (QED) is 0.688. The van der Waals surface area contributed by atoms with Gasteiger partial charge in [-0.25, -0.2) is 8.42 Å². The SMILES string of the molecule is Cc1ccc(C)c(NS(=O)(=O)c2ccc(OCC(=O)NC[C@@H]3CCCO3)cc2)c1. The summed E-state index contributed by atoms with van der Waals surface area (Å²) in [5.74, 6) is 0.178. The van der Waals surface area contributed by atoms with E-state index in [9.17, 15) is 13.2 Å². The molecule has 1 fully saturated rings. The number of ether oxygens (including phenoxy) is 2. The van der Waals surface area contributed by atoms with Gasteiger partial charge < -0.3 is 14.8 Å². The monoisotopic (exact) mass is 418 g/mol. The fraction of sp³-hybridized carbons (Fsp3) is 0.381. The first-order valence-electron chi connectivity index (χ1n) is 9.55. The van der Waals surface area contributed by atoms with Gasteiger partial charge in [0.15, 0.2) is 6.61 Å². The van der Waals surface area contributed by atoms with Crippen molar-refractivity contribution in [1.82, 2.24) is 5.32 Å². The topological polar surface area (TPSA) is 93.7 Å². The van der Waals surface area contributed by atoms with Crippen LogP contribution < -0.4 is 14.8 Å². The van der Waals surface area contributed by atoms with E-state index in [1.54, 1.807) is 6.07 Å². The number of hydrogen-bond acceptors (Lipinski definition) is 5. The number of anilines is 1. The number of benzene rings is 2. The average Bonchev–Trinajstić information content (AvgIpc) is 3.21. The minimum Gasteiger partial charge on any atom is -0.484 e. The molecule has 2 aromatic rings. The van der Waals surface area contributed by atoms with E-state index in [4.69, 9.17) is 9.47 Å². The van der Waals surface area contributed by atoms with Crippen LogP contribution in [0.3, 0.4) is 0 Å². The van der Waals surface area contributed by atoms with Crippen LogP contribution in [0.15, 0.2) is 47.4 Å². The van der Waals surface area contributed by atoms with Crippen molar-refractivity contribution in [1.29, 1.82) is 0 Å². The molecule has 0 saturated carbocycles. The highest BCUT2D eigenvalue weighted by atomic mass is 32.2. The van der Waals surface area contributed by atoms with E-state index in [0.29, 0.717) is 18.0 Å². The predicted octanol–water partition coefficient (Wildman–Crippen LogP) is 2.78. The van der Waals surface area contributed by atoms with Crippen LogP contribution in [0, 0.1) is 13.8 Å². The maximum absolute atomic E-state index is 12.6. The lowest BCUT2D eigenvalue weighted by Crippen LogP contribution is -2.35. The van der Waals surface area contributed by atoms with Gasteiger partial charge in [-0.2, -0.15) is 0 Å². The van der Waals surface area contributed by atoms with Crippen LogP contribution in [-0.4, -0.2) is 40.2 Å². The Balaban J connectivity index is 1.54. The second-order valence-electron chi connectivity index (χ2n) is 7.12. The van der Waals surface area contributed by atoms with Crippen molar-refractivity contribution >= 4 is 21.6 Å². The maximum Gasteiger partial charge on any atom is 0.261 e. The minimum atomic E-state index is -3.72. The molecule has 0 radical (unpaired) electrons. The van der Waals surface area contributed by atoms with E-state index in [0.717, 1.165) is 30.6 Å². The van der Waals surface area contributed by atoms with Gasteiger partial charge in [-0.3, -0.25) is 9.52 Å². The van der Waals surface area contributed by atoms with Crippen LogP contribution in [0.1, 0.15) is 24.0 Å². The number of rotatable bonds is 8. The van der Waals surface area contributed by atoms with Crippen molar-refractivity contribution in [2.45, 2.75) is 37.7 Å². The molecule has 29 heavy (non-hydrogen) atoms. The molecule has 1 heterocycles. The summed E-state index contributed by atoms with van der Waals surface area (Å²) < 4.78 is 38.7. The van der Waals surface area contributed by atoms with Gasteiger partial charge in [0.2, 0.25) is 0 Å². The molecule has 156 valence electrons. The van der Waals surface area contributed by atoms with Crippen LogP contribution in [0.2, 0.25) is 0 Å². The molecule has 2 N–H and O–H groups in total. The smallest absolute Gasteiger partial charge is 0.261 e. The summed E-state index contributed by atoms with van der Waals surface area (Å²) in [6.07, 6.45) is 2.05. The van der Waals surface area contributed by atoms with Crippen molar-refractivity contribution in [3.63, 3.8) is 0 Å². The van der Waals surface area contributed by atoms with E-state index in [2.05, 4.69) is 10.0 Å². The summed E-state index contributed by atoms with van der Waals surface area (Å²) in [6, 6.07) is 11.6. The molecular weight excluding hydrogens is 392 g/mol. The zero-order chi connectivity index (χ0) is 20.9. The van der Waals surface area contributed by atoms with Gasteiger partial charge in [0.1, 0.15) is 5.75 Å². The zero-order valence-electron chi connectivity index (χ0n) is 16.6. The average molecular weight is 419 g/mol. The molecule has 1 aliphatic heterocycles. The van der Waals surface area contributed by atoms with E-state index in [1.165, 1.54) is 24.3 Å². The molecule has 1 saturated heterocycles. The molecule has 1 aliphatic rings. The third-order valence-electron chi connectivity index (χ3n) is 4.69. The van der Waals surface area contributed by atoms with Crippen molar-refractivity contribution < 1.29 is 22.7 Å². The second-order valence-corrected chi connectivity index (χ2v) is 8.81. The molecule has 1 amide bonds. The molecule has 0 spiro atoms. The highest BCUT2D eigenvalue weighted by Gasteiger charge is 2.17. The number of hydrogen-bond donors (Lipinski definition) is 2. The molecule has 8 heteroatoms. The molecule has 7 nitrogen and oxygen atoms in total. The molecule has 0 unspecified atom stereocenters. The van der Waals surface area contributed by atoms with Gasteiger partial charge in [-0.1, -0.05) is 12.1 Å². The summed E-state index contributed by atoms with van der Waals surface area (Å²) in [5.41, 5.74) is 2.36. The normalized spacial score (nSPS) is 16.4. The van der Waals surface area contributed by atoms with Gasteiger partial charge in [0.25, 0.3) is 15.9 Å². The largest absolute Gasteiger partial charge is 0.484 e. The highest BCUT2D eigenvalue weighted by molar-refractivity contribution is 7.92. The highest BCUT2D eigenvalue weighted by Crippen LogP contribution is 2.22. The van der Waals surface area contributed by atoms with E-state index >= 15 is 0 Å². The van der Waals surface area contributed by atoms with Gasteiger partial charge in [0, 0.05) is 13.2 Å². The van der Waals surface area contributed by atoms with Crippen molar-refractivity contribution in [3.8, 4) is 5.75 Å². The summed E-state index contributed by atoms with van der Waals surface area (Å²) in [4.78, 5) is 12.0. The first-order valence-corrected chi connectivity index (χ1v) is 11.0. The van der Waals surface area contributed by atoms with Crippen molar-refractivity contribution in [2.75, 3.05) is 24.5 Å². The number of aryl methyl sites for hydroxylation is 2. The van der Waals surface area contributed by atoms with Crippen LogP contribution >= 0.6 is 0 Å². The molecule has 0 aliphatic carbocycles. The van der Waals surface area contributed by atoms with Crippen LogP contribution in [0.5, 0.6) is 5.75 Å². The Morgan fingerprint density at radius 3 is 2.62 bits per heavy atom. The second kappa shape index (κ2) is 9.28. The Morgan fingerprint density at radius 1 is 1.17 bits per heavy atom. The third kappa shape index (κ3) is 5.95. The lowest BCUT2D eigenvalue weighted by molar-refractivity contribution is -0.123. The third-order valence-corrected chi connectivity index (χ3v) is 6.07. The first kappa shape index (κ1) is 21.1. The van der Waals surface area contributed by atoms with E-state index in [1.807, 2.05) is 26.0 Å². The number of carbonyl (C=O) groups is 1. The number of sulfonamides is 1.